The minimum absolute atomic E-state index is 0.123. The van der Waals surface area contributed by atoms with Crippen LogP contribution in [-0.4, -0.2) is 27.9 Å². The van der Waals surface area contributed by atoms with Gasteiger partial charge in [-0.15, -0.1) is 10.2 Å². The molecule has 0 aliphatic carbocycles. The maximum absolute atomic E-state index is 11.9. The highest BCUT2D eigenvalue weighted by atomic mass is 35.5. The molecule has 0 aliphatic rings. The van der Waals surface area contributed by atoms with Crippen LogP contribution in [0.5, 0.6) is 0 Å². The molecule has 1 aromatic carbocycles. The maximum Gasteiger partial charge on any atom is 0.234 e. The van der Waals surface area contributed by atoms with Gasteiger partial charge in [0.25, 0.3) is 0 Å². The molecule has 1 amide bonds. The Hall–Kier alpha value is -1.31. The van der Waals surface area contributed by atoms with E-state index in [1.54, 1.807) is 12.1 Å². The van der Waals surface area contributed by atoms with Gasteiger partial charge in [-0.25, -0.2) is 0 Å². The molecule has 0 radical (unpaired) electrons. The highest BCUT2D eigenvalue weighted by Gasteiger charge is 2.10. The molecule has 0 fully saturated rings. The standard InChI is InChI=1S/C13H15ClN4OS2/c1-8(2)15-12-17-18-13(21-12)20-7-11(19)16-10-6-4-3-5-9(10)14/h3-6,8H,7H2,1-2H3,(H,15,17)(H,16,19). The van der Waals surface area contributed by atoms with Crippen molar-refractivity contribution in [2.45, 2.75) is 24.2 Å². The molecule has 1 heterocycles. The molecular formula is C13H15ClN4OS2. The number of amides is 1. The second-order valence-electron chi connectivity index (χ2n) is 4.49. The van der Waals surface area contributed by atoms with E-state index < -0.39 is 0 Å². The summed E-state index contributed by atoms with van der Waals surface area (Å²) in [5.74, 6) is 0.142. The normalized spacial score (nSPS) is 10.7. The number of anilines is 2. The second-order valence-corrected chi connectivity index (χ2v) is 7.10. The molecule has 21 heavy (non-hydrogen) atoms. The van der Waals surface area contributed by atoms with E-state index in [4.69, 9.17) is 11.6 Å². The number of nitrogens with zero attached hydrogens (tertiary/aromatic N) is 2. The number of halogens is 1. The number of aromatic nitrogens is 2. The highest BCUT2D eigenvalue weighted by Crippen LogP contribution is 2.26. The summed E-state index contributed by atoms with van der Waals surface area (Å²) >= 11 is 8.77. The quantitative estimate of drug-likeness (QED) is 0.783. The molecule has 0 saturated carbocycles. The molecule has 1 aromatic heterocycles. The van der Waals surface area contributed by atoms with Gasteiger partial charge in [0, 0.05) is 6.04 Å². The minimum atomic E-state index is -0.123. The summed E-state index contributed by atoms with van der Waals surface area (Å²) in [5.41, 5.74) is 0.615. The first-order valence-corrected chi connectivity index (χ1v) is 8.50. The van der Waals surface area contributed by atoms with Gasteiger partial charge in [-0.05, 0) is 26.0 Å². The first-order chi connectivity index (χ1) is 10.0. The van der Waals surface area contributed by atoms with E-state index >= 15 is 0 Å². The fourth-order valence-electron chi connectivity index (χ4n) is 1.45. The Morgan fingerprint density at radius 2 is 2.14 bits per heavy atom. The molecule has 0 unspecified atom stereocenters. The third kappa shape index (κ3) is 5.18. The van der Waals surface area contributed by atoms with Crippen molar-refractivity contribution in [1.82, 2.24) is 10.2 Å². The summed E-state index contributed by atoms with van der Waals surface area (Å²) in [5, 5.41) is 15.3. The van der Waals surface area contributed by atoms with Gasteiger partial charge >= 0.3 is 0 Å². The molecule has 0 spiro atoms. The number of para-hydroxylation sites is 1. The van der Waals surface area contributed by atoms with Crippen LogP contribution in [-0.2, 0) is 4.79 Å². The maximum atomic E-state index is 11.9. The first kappa shape index (κ1) is 16.1. The Morgan fingerprint density at radius 1 is 1.38 bits per heavy atom. The number of hydrogen-bond acceptors (Lipinski definition) is 6. The molecule has 0 bridgehead atoms. The number of carbonyl (C=O) groups is 1. The molecule has 0 atom stereocenters. The molecule has 8 heteroatoms. The smallest absolute Gasteiger partial charge is 0.234 e. The van der Waals surface area contributed by atoms with E-state index in [0.29, 0.717) is 16.8 Å². The second kappa shape index (κ2) is 7.63. The molecule has 0 saturated heterocycles. The largest absolute Gasteiger partial charge is 0.358 e. The Balaban J connectivity index is 1.84. The van der Waals surface area contributed by atoms with Gasteiger partial charge in [0.15, 0.2) is 4.34 Å². The van der Waals surface area contributed by atoms with E-state index in [2.05, 4.69) is 20.8 Å². The summed E-state index contributed by atoms with van der Waals surface area (Å²) in [6, 6.07) is 7.44. The van der Waals surface area contributed by atoms with Gasteiger partial charge in [0.1, 0.15) is 0 Å². The SMILES string of the molecule is CC(C)Nc1nnc(SCC(=O)Nc2ccccc2Cl)s1. The Morgan fingerprint density at radius 3 is 2.86 bits per heavy atom. The number of benzene rings is 1. The van der Waals surface area contributed by atoms with Crippen molar-refractivity contribution in [1.29, 1.82) is 0 Å². The lowest BCUT2D eigenvalue weighted by Gasteiger charge is -2.05. The van der Waals surface area contributed by atoms with Crippen molar-refractivity contribution in [3.63, 3.8) is 0 Å². The van der Waals surface area contributed by atoms with Crippen LogP contribution < -0.4 is 10.6 Å². The number of hydrogen-bond donors (Lipinski definition) is 2. The number of rotatable bonds is 6. The van der Waals surface area contributed by atoms with Crippen molar-refractivity contribution in [3.05, 3.63) is 29.3 Å². The van der Waals surface area contributed by atoms with E-state index in [1.807, 2.05) is 26.0 Å². The molecule has 0 aliphatic heterocycles. The third-order valence-corrected chi connectivity index (χ3v) is 4.61. The van der Waals surface area contributed by atoms with Crippen LogP contribution in [0, 0.1) is 0 Å². The molecule has 2 N–H and O–H groups in total. The van der Waals surface area contributed by atoms with Crippen molar-refractivity contribution in [2.24, 2.45) is 0 Å². The van der Waals surface area contributed by atoms with Crippen molar-refractivity contribution in [3.8, 4) is 0 Å². The van der Waals surface area contributed by atoms with Crippen LogP contribution in [0.25, 0.3) is 0 Å². The summed E-state index contributed by atoms with van der Waals surface area (Å²) in [6.45, 7) is 4.07. The van der Waals surface area contributed by atoms with Crippen LogP contribution in [0.4, 0.5) is 10.8 Å². The predicted molar refractivity (Wildman–Crippen MR) is 89.5 cm³/mol. The molecule has 2 aromatic rings. The Labute approximate surface area is 136 Å². The van der Waals surface area contributed by atoms with Gasteiger partial charge in [0.2, 0.25) is 11.0 Å². The Bertz CT molecular complexity index is 618. The van der Waals surface area contributed by atoms with Crippen LogP contribution in [0.3, 0.4) is 0 Å². The predicted octanol–water partition coefficient (Wildman–Crippen LogP) is 3.74. The number of carbonyl (C=O) groups excluding carboxylic acids is 1. The van der Waals surface area contributed by atoms with Crippen molar-refractivity contribution in [2.75, 3.05) is 16.4 Å². The zero-order chi connectivity index (χ0) is 15.2. The molecule has 5 nitrogen and oxygen atoms in total. The first-order valence-electron chi connectivity index (χ1n) is 6.32. The van der Waals surface area contributed by atoms with Gasteiger partial charge in [-0.2, -0.15) is 0 Å². The van der Waals surface area contributed by atoms with Crippen LogP contribution in [0.1, 0.15) is 13.8 Å². The third-order valence-electron chi connectivity index (χ3n) is 2.29. The van der Waals surface area contributed by atoms with Gasteiger partial charge in [-0.3, -0.25) is 4.79 Å². The van der Waals surface area contributed by atoms with E-state index in [1.165, 1.54) is 23.1 Å². The fraction of sp³-hybridized carbons (Fsp3) is 0.308. The van der Waals surface area contributed by atoms with Crippen molar-refractivity contribution >= 4 is 51.4 Å². The van der Waals surface area contributed by atoms with Crippen LogP contribution in [0.2, 0.25) is 5.02 Å². The zero-order valence-electron chi connectivity index (χ0n) is 11.6. The van der Waals surface area contributed by atoms with E-state index in [0.717, 1.165) is 9.47 Å². The number of thioether (sulfide) groups is 1. The zero-order valence-corrected chi connectivity index (χ0v) is 14.0. The lowest BCUT2D eigenvalue weighted by Crippen LogP contribution is -2.14. The van der Waals surface area contributed by atoms with E-state index in [-0.39, 0.29) is 11.7 Å². The summed E-state index contributed by atoms with van der Waals surface area (Å²) in [7, 11) is 0. The topological polar surface area (TPSA) is 66.9 Å². The van der Waals surface area contributed by atoms with Crippen LogP contribution >= 0.6 is 34.7 Å². The Kier molecular flexibility index (Phi) is 5.84. The fourth-order valence-corrected chi connectivity index (χ4v) is 3.33. The molecule has 112 valence electrons. The minimum Gasteiger partial charge on any atom is -0.358 e. The summed E-state index contributed by atoms with van der Waals surface area (Å²) in [6.07, 6.45) is 0. The average Bonchev–Trinajstić information content (AvgIpc) is 2.86. The molecular weight excluding hydrogens is 328 g/mol. The van der Waals surface area contributed by atoms with Gasteiger partial charge in [0.05, 0.1) is 16.5 Å². The number of nitrogens with one attached hydrogen (secondary N) is 2. The van der Waals surface area contributed by atoms with Crippen molar-refractivity contribution < 1.29 is 4.79 Å². The van der Waals surface area contributed by atoms with E-state index in [9.17, 15) is 4.79 Å². The molecule has 2 rings (SSSR count). The monoisotopic (exact) mass is 342 g/mol. The summed E-state index contributed by atoms with van der Waals surface area (Å²) < 4.78 is 0.757. The van der Waals surface area contributed by atoms with Crippen LogP contribution in [0.15, 0.2) is 28.6 Å². The average molecular weight is 343 g/mol. The van der Waals surface area contributed by atoms with Gasteiger partial charge in [-0.1, -0.05) is 46.8 Å². The summed E-state index contributed by atoms with van der Waals surface area (Å²) in [4.78, 5) is 11.9. The highest BCUT2D eigenvalue weighted by molar-refractivity contribution is 8.01. The lowest BCUT2D eigenvalue weighted by molar-refractivity contribution is -0.113. The lowest BCUT2D eigenvalue weighted by atomic mass is 10.3. The van der Waals surface area contributed by atoms with Gasteiger partial charge < -0.3 is 10.6 Å².